The number of halogens is 3. The van der Waals surface area contributed by atoms with E-state index in [9.17, 15) is 22.8 Å². The molecular formula is C18H12F3N5O3. The molecule has 1 aromatic heterocycles. The van der Waals surface area contributed by atoms with Gasteiger partial charge in [-0.15, -0.1) is 10.2 Å². The van der Waals surface area contributed by atoms with E-state index in [1.165, 1.54) is 24.3 Å². The number of Topliss-reactive ketones (excluding diaryl/α,β-unsaturated/α-hetero) is 1. The van der Waals surface area contributed by atoms with E-state index in [1.807, 2.05) is 0 Å². The molecule has 1 aliphatic rings. The summed E-state index contributed by atoms with van der Waals surface area (Å²) < 4.78 is 43.8. The summed E-state index contributed by atoms with van der Waals surface area (Å²) in [7, 11) is 0. The minimum absolute atomic E-state index is 0.0324. The van der Waals surface area contributed by atoms with Gasteiger partial charge < -0.3 is 10.1 Å². The Balaban J connectivity index is 1.52. The van der Waals surface area contributed by atoms with Crippen LogP contribution in [0.1, 0.15) is 15.9 Å². The number of nitrogens with one attached hydrogen (secondary N) is 1. The van der Waals surface area contributed by atoms with Crippen LogP contribution in [0.2, 0.25) is 0 Å². The second-order valence-corrected chi connectivity index (χ2v) is 6.19. The van der Waals surface area contributed by atoms with Crippen molar-refractivity contribution < 1.29 is 27.5 Å². The maximum atomic E-state index is 12.9. The summed E-state index contributed by atoms with van der Waals surface area (Å²) in [5, 5.41) is 14.0. The number of nitrogens with zero attached hydrogens (tertiary/aromatic N) is 4. The minimum Gasteiger partial charge on any atom is -0.482 e. The Kier molecular flexibility index (Phi) is 4.49. The summed E-state index contributed by atoms with van der Waals surface area (Å²) in [4.78, 5) is 24.9. The number of ether oxygens (including phenoxy) is 1. The zero-order valence-electron chi connectivity index (χ0n) is 14.6. The molecule has 2 aromatic carbocycles. The highest BCUT2D eigenvalue weighted by Gasteiger charge is 2.30. The number of aromatic nitrogens is 4. The highest BCUT2D eigenvalue weighted by atomic mass is 19.4. The quantitative estimate of drug-likeness (QED) is 0.673. The number of carbonyl (C=O) groups excluding carboxylic acids is 2. The van der Waals surface area contributed by atoms with E-state index in [2.05, 4.69) is 20.7 Å². The fourth-order valence-electron chi connectivity index (χ4n) is 2.74. The van der Waals surface area contributed by atoms with Gasteiger partial charge in [0.05, 0.1) is 11.3 Å². The number of benzene rings is 2. The molecule has 0 atom stereocenters. The van der Waals surface area contributed by atoms with Crippen molar-refractivity contribution >= 4 is 17.4 Å². The number of alkyl halides is 3. The van der Waals surface area contributed by atoms with Crippen molar-refractivity contribution in [3.05, 3.63) is 53.6 Å². The fourth-order valence-corrected chi connectivity index (χ4v) is 2.74. The van der Waals surface area contributed by atoms with Gasteiger partial charge in [-0.05, 0) is 35.5 Å². The number of hydrogen-bond donors (Lipinski definition) is 1. The Hall–Kier alpha value is -3.76. The van der Waals surface area contributed by atoms with E-state index >= 15 is 0 Å². The van der Waals surface area contributed by atoms with Crippen LogP contribution in [-0.4, -0.2) is 38.5 Å². The Labute approximate surface area is 161 Å². The molecular weight excluding hydrogens is 391 g/mol. The molecule has 29 heavy (non-hydrogen) atoms. The topological polar surface area (TPSA) is 99.0 Å². The van der Waals surface area contributed by atoms with Crippen LogP contribution in [0.15, 0.2) is 42.5 Å². The third-order valence-electron chi connectivity index (χ3n) is 4.12. The predicted octanol–water partition coefficient (Wildman–Crippen LogP) is 2.57. The van der Waals surface area contributed by atoms with Gasteiger partial charge in [-0.3, -0.25) is 9.59 Å². The van der Waals surface area contributed by atoms with Crippen molar-refractivity contribution in [3.8, 4) is 17.1 Å². The van der Waals surface area contributed by atoms with Gasteiger partial charge in [-0.1, -0.05) is 12.1 Å². The molecule has 0 radical (unpaired) electrons. The maximum Gasteiger partial charge on any atom is 0.416 e. The first kappa shape index (κ1) is 18.6. The second kappa shape index (κ2) is 7.00. The van der Waals surface area contributed by atoms with Crippen molar-refractivity contribution in [2.24, 2.45) is 0 Å². The van der Waals surface area contributed by atoms with E-state index in [-0.39, 0.29) is 41.8 Å². The van der Waals surface area contributed by atoms with Gasteiger partial charge in [-0.25, -0.2) is 0 Å². The number of anilines is 1. The maximum absolute atomic E-state index is 12.9. The smallest absolute Gasteiger partial charge is 0.416 e. The summed E-state index contributed by atoms with van der Waals surface area (Å²) in [6.45, 7) is -0.374. The van der Waals surface area contributed by atoms with Crippen LogP contribution in [-0.2, 0) is 17.5 Å². The molecule has 0 fully saturated rings. The molecule has 1 aliphatic heterocycles. The van der Waals surface area contributed by atoms with Crippen LogP contribution in [0, 0.1) is 0 Å². The molecule has 1 amide bonds. The third-order valence-corrected chi connectivity index (χ3v) is 4.12. The predicted molar refractivity (Wildman–Crippen MR) is 93.2 cm³/mol. The van der Waals surface area contributed by atoms with Crippen molar-refractivity contribution in [1.29, 1.82) is 0 Å². The Morgan fingerprint density at radius 3 is 2.83 bits per heavy atom. The van der Waals surface area contributed by atoms with Gasteiger partial charge in [0, 0.05) is 11.1 Å². The van der Waals surface area contributed by atoms with Crippen LogP contribution < -0.4 is 10.1 Å². The number of ketones is 1. The average Bonchev–Trinajstić information content (AvgIpc) is 3.15. The lowest BCUT2D eigenvalue weighted by molar-refractivity contribution is -0.137. The molecule has 0 saturated carbocycles. The first-order valence-electron chi connectivity index (χ1n) is 8.35. The van der Waals surface area contributed by atoms with Crippen LogP contribution in [0.5, 0.6) is 5.75 Å². The number of fused-ring (bicyclic) bond motifs is 1. The van der Waals surface area contributed by atoms with E-state index in [0.29, 0.717) is 11.4 Å². The first-order valence-corrected chi connectivity index (χ1v) is 8.35. The summed E-state index contributed by atoms with van der Waals surface area (Å²) >= 11 is 0. The molecule has 8 nitrogen and oxygen atoms in total. The zero-order valence-corrected chi connectivity index (χ0v) is 14.6. The SMILES string of the molecule is O=C1COc2ccc(C(=O)Cn3nnc(-c4cccc(C(F)(F)F)c4)n3)cc2N1. The standard InChI is InChI=1S/C18H12F3N5O3/c19-18(20,21)12-3-1-2-11(6-12)17-23-25-26(24-17)8-14(27)10-4-5-15-13(7-10)22-16(28)9-29-15/h1-7H,8-9H2,(H,22,28). The zero-order chi connectivity index (χ0) is 20.6. The van der Waals surface area contributed by atoms with E-state index < -0.39 is 11.7 Å². The number of rotatable bonds is 4. The van der Waals surface area contributed by atoms with Gasteiger partial charge in [0.2, 0.25) is 5.82 Å². The van der Waals surface area contributed by atoms with Gasteiger partial charge in [0.1, 0.15) is 12.3 Å². The number of tetrazole rings is 1. The summed E-state index contributed by atoms with van der Waals surface area (Å²) in [5.74, 6) is -0.284. The third kappa shape index (κ3) is 3.93. The van der Waals surface area contributed by atoms with Crippen molar-refractivity contribution in [1.82, 2.24) is 20.2 Å². The van der Waals surface area contributed by atoms with Crippen LogP contribution >= 0.6 is 0 Å². The van der Waals surface area contributed by atoms with Crippen molar-refractivity contribution in [3.63, 3.8) is 0 Å². The lowest BCUT2D eigenvalue weighted by Gasteiger charge is -2.18. The molecule has 0 spiro atoms. The average molecular weight is 403 g/mol. The Morgan fingerprint density at radius 1 is 1.21 bits per heavy atom. The molecule has 4 rings (SSSR count). The van der Waals surface area contributed by atoms with Gasteiger partial charge in [-0.2, -0.15) is 18.0 Å². The number of amides is 1. The van der Waals surface area contributed by atoms with Crippen LogP contribution in [0.25, 0.3) is 11.4 Å². The minimum atomic E-state index is -4.49. The molecule has 0 bridgehead atoms. The van der Waals surface area contributed by atoms with Crippen LogP contribution in [0.3, 0.4) is 0 Å². The highest BCUT2D eigenvalue weighted by molar-refractivity contribution is 6.00. The lowest BCUT2D eigenvalue weighted by atomic mass is 10.1. The van der Waals surface area contributed by atoms with E-state index in [1.54, 1.807) is 6.07 Å². The second-order valence-electron chi connectivity index (χ2n) is 6.19. The highest BCUT2D eigenvalue weighted by Crippen LogP contribution is 2.31. The van der Waals surface area contributed by atoms with Crippen molar-refractivity contribution in [2.75, 3.05) is 11.9 Å². The molecule has 2 heterocycles. The monoisotopic (exact) mass is 403 g/mol. The molecule has 3 aromatic rings. The van der Waals surface area contributed by atoms with Gasteiger partial charge >= 0.3 is 6.18 Å². The van der Waals surface area contributed by atoms with Gasteiger partial charge in [0.25, 0.3) is 5.91 Å². The van der Waals surface area contributed by atoms with E-state index in [4.69, 9.17) is 4.74 Å². The molecule has 0 unspecified atom stereocenters. The summed E-state index contributed by atoms with van der Waals surface area (Å²) in [5.41, 5.74) is -0.0382. The first-order chi connectivity index (χ1) is 13.8. The molecule has 11 heteroatoms. The fraction of sp³-hybridized carbons (Fsp3) is 0.167. The molecule has 0 saturated heterocycles. The summed E-state index contributed by atoms with van der Waals surface area (Å²) in [6.07, 6.45) is -4.49. The molecule has 148 valence electrons. The molecule has 0 aliphatic carbocycles. The Bertz CT molecular complexity index is 1110. The summed E-state index contributed by atoms with van der Waals surface area (Å²) in [6, 6.07) is 9.08. The largest absolute Gasteiger partial charge is 0.482 e. The van der Waals surface area contributed by atoms with E-state index in [0.717, 1.165) is 16.9 Å². The Morgan fingerprint density at radius 2 is 2.03 bits per heavy atom. The molecule has 1 N–H and O–H groups in total. The van der Waals surface area contributed by atoms with Crippen molar-refractivity contribution in [2.45, 2.75) is 12.7 Å². The number of hydrogen-bond acceptors (Lipinski definition) is 6. The van der Waals surface area contributed by atoms with Gasteiger partial charge in [0.15, 0.2) is 12.4 Å². The van der Waals surface area contributed by atoms with Crippen LogP contribution in [0.4, 0.5) is 18.9 Å². The normalized spacial score (nSPS) is 13.4. The lowest BCUT2D eigenvalue weighted by Crippen LogP contribution is -2.25. The number of carbonyl (C=O) groups is 2.